The highest BCUT2D eigenvalue weighted by atomic mass is 19.4. The van der Waals surface area contributed by atoms with Crippen molar-refractivity contribution in [1.29, 1.82) is 0 Å². The summed E-state index contributed by atoms with van der Waals surface area (Å²) in [5.74, 6) is -5.49. The zero-order chi connectivity index (χ0) is 15.7. The van der Waals surface area contributed by atoms with Crippen LogP contribution < -0.4 is 4.74 Å². The number of carboxylic acid groups (broad SMARTS) is 1. The van der Waals surface area contributed by atoms with E-state index in [1.54, 1.807) is 0 Å². The number of Topliss-reactive ketones (excluding diaryl/α,β-unsaturated/α-hetero) is 1. The van der Waals surface area contributed by atoms with Crippen LogP contribution in [0, 0.1) is 5.82 Å². The maximum Gasteiger partial charge on any atom is 0.455 e. The summed E-state index contributed by atoms with van der Waals surface area (Å²) in [6.45, 7) is 2.17. The van der Waals surface area contributed by atoms with E-state index in [4.69, 9.17) is 9.84 Å². The Hall–Kier alpha value is -2.12. The molecule has 0 aliphatic carbocycles. The van der Waals surface area contributed by atoms with Crippen molar-refractivity contribution in [1.82, 2.24) is 0 Å². The third-order valence-corrected chi connectivity index (χ3v) is 2.32. The van der Waals surface area contributed by atoms with Gasteiger partial charge in [0, 0.05) is 0 Å². The summed E-state index contributed by atoms with van der Waals surface area (Å²) in [4.78, 5) is 22.0. The first kappa shape index (κ1) is 15.9. The van der Waals surface area contributed by atoms with Crippen molar-refractivity contribution in [3.63, 3.8) is 0 Å². The van der Waals surface area contributed by atoms with Crippen LogP contribution in [0.5, 0.6) is 5.75 Å². The predicted octanol–water partition coefficient (Wildman–Crippen LogP) is 2.81. The van der Waals surface area contributed by atoms with Gasteiger partial charge < -0.3 is 9.84 Å². The summed E-state index contributed by atoms with van der Waals surface area (Å²) >= 11 is 0. The van der Waals surface area contributed by atoms with Crippen LogP contribution in [0.15, 0.2) is 18.2 Å². The van der Waals surface area contributed by atoms with Gasteiger partial charge in [-0.3, -0.25) is 4.79 Å². The highest BCUT2D eigenvalue weighted by Gasteiger charge is 2.42. The SMILES string of the molecule is CC(C)(Oc1ccc(F)cc1C(=O)C(F)(F)F)C(=O)O. The molecule has 0 aliphatic heterocycles. The molecule has 1 aromatic rings. The van der Waals surface area contributed by atoms with E-state index < -0.39 is 40.7 Å². The molecule has 0 bridgehead atoms. The second-order valence-electron chi connectivity index (χ2n) is 4.38. The highest BCUT2D eigenvalue weighted by molar-refractivity contribution is 6.02. The number of aliphatic carboxylic acids is 1. The smallest absolute Gasteiger partial charge is 0.455 e. The van der Waals surface area contributed by atoms with Gasteiger partial charge in [-0.15, -0.1) is 0 Å². The summed E-state index contributed by atoms with van der Waals surface area (Å²) in [7, 11) is 0. The highest BCUT2D eigenvalue weighted by Crippen LogP contribution is 2.30. The van der Waals surface area contributed by atoms with Crippen molar-refractivity contribution in [3.8, 4) is 5.75 Å². The van der Waals surface area contributed by atoms with E-state index in [0.29, 0.717) is 6.07 Å². The molecule has 20 heavy (non-hydrogen) atoms. The van der Waals surface area contributed by atoms with E-state index in [0.717, 1.165) is 26.0 Å². The van der Waals surface area contributed by atoms with Gasteiger partial charge in [-0.2, -0.15) is 13.2 Å². The monoisotopic (exact) mass is 294 g/mol. The van der Waals surface area contributed by atoms with Gasteiger partial charge in [-0.1, -0.05) is 0 Å². The molecule has 110 valence electrons. The first-order valence-corrected chi connectivity index (χ1v) is 5.28. The van der Waals surface area contributed by atoms with Crippen molar-refractivity contribution in [2.45, 2.75) is 25.6 Å². The Labute approximate surface area is 111 Å². The number of hydrogen-bond acceptors (Lipinski definition) is 3. The Balaban J connectivity index is 3.28. The van der Waals surface area contributed by atoms with Gasteiger partial charge in [0.1, 0.15) is 11.6 Å². The molecule has 0 heterocycles. The summed E-state index contributed by atoms with van der Waals surface area (Å²) in [5, 5.41) is 8.84. The molecular weight excluding hydrogens is 284 g/mol. The average Bonchev–Trinajstić information content (AvgIpc) is 2.29. The second kappa shape index (κ2) is 5.10. The minimum absolute atomic E-state index is 0.350. The second-order valence-corrected chi connectivity index (χ2v) is 4.38. The quantitative estimate of drug-likeness (QED) is 0.685. The third-order valence-electron chi connectivity index (χ3n) is 2.32. The fourth-order valence-corrected chi connectivity index (χ4v) is 1.24. The molecule has 0 unspecified atom stereocenters. The molecule has 0 saturated heterocycles. The van der Waals surface area contributed by atoms with Gasteiger partial charge in [0.15, 0.2) is 5.60 Å². The topological polar surface area (TPSA) is 63.6 Å². The van der Waals surface area contributed by atoms with Crippen LogP contribution in [-0.4, -0.2) is 28.6 Å². The minimum Gasteiger partial charge on any atom is -0.478 e. The summed E-state index contributed by atoms with van der Waals surface area (Å²) in [5.41, 5.74) is -2.95. The Kier molecular flexibility index (Phi) is 4.07. The zero-order valence-electron chi connectivity index (χ0n) is 10.4. The van der Waals surface area contributed by atoms with Crippen LogP contribution in [0.3, 0.4) is 0 Å². The van der Waals surface area contributed by atoms with Gasteiger partial charge in [-0.05, 0) is 32.0 Å². The first-order valence-electron chi connectivity index (χ1n) is 5.28. The number of carbonyl (C=O) groups is 2. The molecule has 1 rings (SSSR count). The molecule has 0 atom stereocenters. The van der Waals surface area contributed by atoms with Gasteiger partial charge in [0.05, 0.1) is 5.56 Å². The lowest BCUT2D eigenvalue weighted by Gasteiger charge is -2.23. The van der Waals surface area contributed by atoms with E-state index in [9.17, 15) is 27.2 Å². The number of hydrogen-bond donors (Lipinski definition) is 1. The number of rotatable bonds is 4. The van der Waals surface area contributed by atoms with Crippen molar-refractivity contribution < 1.29 is 37.0 Å². The van der Waals surface area contributed by atoms with Gasteiger partial charge in [-0.25, -0.2) is 9.18 Å². The molecular formula is C12H10F4O4. The maximum atomic E-state index is 13.0. The van der Waals surface area contributed by atoms with E-state index in [1.165, 1.54) is 0 Å². The van der Waals surface area contributed by atoms with E-state index in [1.807, 2.05) is 0 Å². The molecule has 0 saturated carbocycles. The van der Waals surface area contributed by atoms with Gasteiger partial charge in [0.25, 0.3) is 5.78 Å². The van der Waals surface area contributed by atoms with Crippen molar-refractivity contribution in [3.05, 3.63) is 29.6 Å². The summed E-state index contributed by atoms with van der Waals surface area (Å²) in [6.07, 6.45) is -5.22. The molecule has 1 N–H and O–H groups in total. The normalized spacial score (nSPS) is 12.1. The van der Waals surface area contributed by atoms with Crippen LogP contribution in [0.4, 0.5) is 17.6 Å². The molecule has 0 spiro atoms. The molecule has 1 aromatic carbocycles. The Morgan fingerprint density at radius 2 is 1.75 bits per heavy atom. The lowest BCUT2D eigenvalue weighted by Crippen LogP contribution is -2.38. The molecule has 0 aliphatic rings. The van der Waals surface area contributed by atoms with Crippen LogP contribution in [-0.2, 0) is 4.79 Å². The fraction of sp³-hybridized carbons (Fsp3) is 0.333. The average molecular weight is 294 g/mol. The largest absolute Gasteiger partial charge is 0.478 e. The van der Waals surface area contributed by atoms with Crippen LogP contribution in [0.25, 0.3) is 0 Å². The lowest BCUT2D eigenvalue weighted by molar-refractivity contribution is -0.152. The summed E-state index contributed by atoms with van der Waals surface area (Å²) < 4.78 is 55.1. The molecule has 0 amide bonds. The Morgan fingerprint density at radius 3 is 2.20 bits per heavy atom. The maximum absolute atomic E-state index is 13.0. The first-order chi connectivity index (χ1) is 8.95. The fourth-order valence-electron chi connectivity index (χ4n) is 1.24. The molecule has 0 fully saturated rings. The number of ether oxygens (including phenoxy) is 1. The van der Waals surface area contributed by atoms with Gasteiger partial charge >= 0.3 is 12.1 Å². The van der Waals surface area contributed by atoms with Crippen LogP contribution in [0.2, 0.25) is 0 Å². The van der Waals surface area contributed by atoms with Crippen molar-refractivity contribution in [2.24, 2.45) is 0 Å². The number of alkyl halides is 3. The molecule has 0 radical (unpaired) electrons. The molecule has 4 nitrogen and oxygen atoms in total. The number of carbonyl (C=O) groups excluding carboxylic acids is 1. The Bertz CT molecular complexity index is 549. The van der Waals surface area contributed by atoms with Gasteiger partial charge in [0.2, 0.25) is 0 Å². The molecule has 0 aromatic heterocycles. The van der Waals surface area contributed by atoms with Crippen LogP contribution >= 0.6 is 0 Å². The number of carboxylic acids is 1. The van der Waals surface area contributed by atoms with E-state index in [-0.39, 0.29) is 0 Å². The van der Waals surface area contributed by atoms with Crippen LogP contribution in [0.1, 0.15) is 24.2 Å². The van der Waals surface area contributed by atoms with E-state index >= 15 is 0 Å². The standard InChI is InChI=1S/C12H10F4O4/c1-11(2,10(18)19)20-8-4-3-6(13)5-7(8)9(17)12(14,15)16/h3-5H,1-2H3,(H,18,19). The van der Waals surface area contributed by atoms with E-state index in [2.05, 4.69) is 0 Å². The zero-order valence-corrected chi connectivity index (χ0v) is 10.4. The minimum atomic E-state index is -5.22. The van der Waals surface area contributed by atoms with Crippen molar-refractivity contribution in [2.75, 3.05) is 0 Å². The summed E-state index contributed by atoms with van der Waals surface area (Å²) in [6, 6.07) is 1.89. The third kappa shape index (κ3) is 3.46. The Morgan fingerprint density at radius 1 is 1.20 bits per heavy atom. The number of benzene rings is 1. The number of halogens is 4. The lowest BCUT2D eigenvalue weighted by atomic mass is 10.1. The van der Waals surface area contributed by atoms with Crippen molar-refractivity contribution >= 4 is 11.8 Å². The number of ketones is 1. The molecule has 8 heteroatoms. The predicted molar refractivity (Wildman–Crippen MR) is 59.1 cm³/mol.